The molecule has 4 heteroatoms. The number of amides is 1. The number of nitrogens with one attached hydrogen (secondary N) is 1. The van der Waals surface area contributed by atoms with Crippen LogP contribution in [0.15, 0.2) is 24.3 Å². The maximum absolute atomic E-state index is 12.1. The third-order valence-corrected chi connectivity index (χ3v) is 4.14. The molecule has 1 aliphatic rings. The summed E-state index contributed by atoms with van der Waals surface area (Å²) in [4.78, 5) is 12.1. The van der Waals surface area contributed by atoms with Crippen molar-refractivity contribution in [3.8, 4) is 0 Å². The Morgan fingerprint density at radius 2 is 2.21 bits per heavy atom. The van der Waals surface area contributed by atoms with Gasteiger partial charge in [-0.2, -0.15) is 0 Å². The lowest BCUT2D eigenvalue weighted by Gasteiger charge is -2.38. The number of para-hydroxylation sites is 1. The molecule has 2 atom stereocenters. The molecule has 1 aromatic carbocycles. The quantitative estimate of drug-likeness (QED) is 0.729. The molecule has 4 N–H and O–H groups in total. The van der Waals surface area contributed by atoms with Gasteiger partial charge in [-0.3, -0.25) is 4.79 Å². The van der Waals surface area contributed by atoms with Gasteiger partial charge >= 0.3 is 0 Å². The van der Waals surface area contributed by atoms with Crippen LogP contribution >= 0.6 is 0 Å². The molecule has 1 amide bonds. The number of carbonyl (C=O) groups excluding carboxylic acids is 1. The van der Waals surface area contributed by atoms with E-state index in [4.69, 9.17) is 5.73 Å². The smallest absolute Gasteiger partial charge is 0.253 e. The number of rotatable bonds is 3. The first kappa shape index (κ1) is 13.9. The van der Waals surface area contributed by atoms with Crippen LogP contribution in [0.25, 0.3) is 0 Å². The molecule has 2 rings (SSSR count). The lowest BCUT2D eigenvalue weighted by atomic mass is 9.73. The molecule has 104 valence electrons. The Balaban J connectivity index is 1.99. The lowest BCUT2D eigenvalue weighted by Crippen LogP contribution is -2.45. The van der Waals surface area contributed by atoms with E-state index in [-0.39, 0.29) is 17.4 Å². The van der Waals surface area contributed by atoms with Gasteiger partial charge in [0.05, 0.1) is 11.7 Å². The molecule has 0 saturated heterocycles. The molecule has 0 aliphatic heterocycles. The van der Waals surface area contributed by atoms with Crippen LogP contribution in [0, 0.1) is 5.41 Å². The summed E-state index contributed by atoms with van der Waals surface area (Å²) in [6, 6.07) is 7.02. The highest BCUT2D eigenvalue weighted by Crippen LogP contribution is 2.35. The molecule has 4 nitrogen and oxygen atoms in total. The van der Waals surface area contributed by atoms with Gasteiger partial charge in [0.25, 0.3) is 5.91 Å². The lowest BCUT2D eigenvalue weighted by molar-refractivity contribution is 0.00191. The SMILES string of the molecule is CC1(CNC(=O)c2ccccc2N)CCCCC1O. The van der Waals surface area contributed by atoms with Crippen molar-refractivity contribution in [3.63, 3.8) is 0 Å². The van der Waals surface area contributed by atoms with Crippen molar-refractivity contribution in [1.82, 2.24) is 5.32 Å². The van der Waals surface area contributed by atoms with Crippen molar-refractivity contribution in [2.45, 2.75) is 38.7 Å². The van der Waals surface area contributed by atoms with Gasteiger partial charge in [0.15, 0.2) is 0 Å². The Bertz CT molecular complexity index is 461. The van der Waals surface area contributed by atoms with Crippen molar-refractivity contribution in [2.24, 2.45) is 5.41 Å². The topological polar surface area (TPSA) is 75.4 Å². The Hall–Kier alpha value is -1.55. The fraction of sp³-hybridized carbons (Fsp3) is 0.533. The van der Waals surface area contributed by atoms with Crippen LogP contribution in [0.2, 0.25) is 0 Å². The van der Waals surface area contributed by atoms with E-state index in [1.54, 1.807) is 24.3 Å². The van der Waals surface area contributed by atoms with Crippen molar-refractivity contribution in [3.05, 3.63) is 29.8 Å². The Morgan fingerprint density at radius 1 is 1.47 bits per heavy atom. The molecule has 1 aliphatic carbocycles. The standard InChI is InChI=1S/C15H22N2O2/c1-15(9-5-4-8-13(15)18)10-17-14(19)11-6-2-3-7-12(11)16/h2-3,6-7,13,18H,4-5,8-10,16H2,1H3,(H,17,19). The number of aliphatic hydroxyl groups is 1. The molecular formula is C15H22N2O2. The van der Waals surface area contributed by atoms with Crippen molar-refractivity contribution < 1.29 is 9.90 Å². The largest absolute Gasteiger partial charge is 0.398 e. The van der Waals surface area contributed by atoms with E-state index < -0.39 is 0 Å². The zero-order chi connectivity index (χ0) is 13.9. The second-order valence-corrected chi connectivity index (χ2v) is 5.69. The van der Waals surface area contributed by atoms with Crippen LogP contribution in [0.3, 0.4) is 0 Å². The Kier molecular flexibility index (Phi) is 4.10. The number of anilines is 1. The van der Waals surface area contributed by atoms with Gasteiger partial charge in [0.1, 0.15) is 0 Å². The molecular weight excluding hydrogens is 240 g/mol. The highest BCUT2D eigenvalue weighted by molar-refractivity contribution is 5.99. The molecule has 0 heterocycles. The highest BCUT2D eigenvalue weighted by Gasteiger charge is 2.35. The van der Waals surface area contributed by atoms with E-state index in [0.717, 1.165) is 25.7 Å². The molecule has 0 radical (unpaired) electrons. The Morgan fingerprint density at radius 3 is 2.89 bits per heavy atom. The van der Waals surface area contributed by atoms with Crippen LogP contribution in [-0.2, 0) is 0 Å². The number of aliphatic hydroxyl groups excluding tert-OH is 1. The number of nitrogens with two attached hydrogens (primary N) is 1. The number of carbonyl (C=O) groups is 1. The molecule has 1 fully saturated rings. The molecule has 0 bridgehead atoms. The van der Waals surface area contributed by atoms with Gasteiger partial charge in [-0.1, -0.05) is 31.9 Å². The van der Waals surface area contributed by atoms with Gasteiger partial charge in [0.2, 0.25) is 0 Å². The highest BCUT2D eigenvalue weighted by atomic mass is 16.3. The van der Waals surface area contributed by atoms with Crippen LogP contribution in [0.5, 0.6) is 0 Å². The average Bonchev–Trinajstić information content (AvgIpc) is 2.40. The summed E-state index contributed by atoms with van der Waals surface area (Å²) in [5, 5.41) is 13.0. The van der Waals surface area contributed by atoms with Gasteiger partial charge in [-0.25, -0.2) is 0 Å². The van der Waals surface area contributed by atoms with E-state index in [2.05, 4.69) is 5.32 Å². The van der Waals surface area contributed by atoms with E-state index in [1.165, 1.54) is 0 Å². The molecule has 1 saturated carbocycles. The number of hydrogen-bond donors (Lipinski definition) is 3. The molecule has 1 aromatic rings. The van der Waals surface area contributed by atoms with E-state index in [1.807, 2.05) is 6.92 Å². The summed E-state index contributed by atoms with van der Waals surface area (Å²) in [7, 11) is 0. The molecule has 19 heavy (non-hydrogen) atoms. The predicted molar refractivity (Wildman–Crippen MR) is 75.8 cm³/mol. The molecule has 2 unspecified atom stereocenters. The van der Waals surface area contributed by atoms with Gasteiger partial charge in [0, 0.05) is 17.6 Å². The average molecular weight is 262 g/mol. The summed E-state index contributed by atoms with van der Waals surface area (Å²) in [5.74, 6) is -0.169. The van der Waals surface area contributed by atoms with Gasteiger partial charge < -0.3 is 16.2 Å². The fourth-order valence-corrected chi connectivity index (χ4v) is 2.67. The number of hydrogen-bond acceptors (Lipinski definition) is 3. The fourth-order valence-electron chi connectivity index (χ4n) is 2.67. The Labute approximate surface area is 114 Å². The second-order valence-electron chi connectivity index (χ2n) is 5.69. The summed E-state index contributed by atoms with van der Waals surface area (Å²) >= 11 is 0. The number of benzene rings is 1. The van der Waals surface area contributed by atoms with Crippen LogP contribution in [-0.4, -0.2) is 23.7 Å². The zero-order valence-electron chi connectivity index (χ0n) is 11.4. The first-order valence-corrected chi connectivity index (χ1v) is 6.84. The molecule has 0 aromatic heterocycles. The first-order chi connectivity index (χ1) is 9.03. The summed E-state index contributed by atoms with van der Waals surface area (Å²) in [6.07, 6.45) is 3.60. The maximum Gasteiger partial charge on any atom is 0.253 e. The first-order valence-electron chi connectivity index (χ1n) is 6.84. The van der Waals surface area contributed by atoms with Crippen LogP contribution in [0.4, 0.5) is 5.69 Å². The van der Waals surface area contributed by atoms with Crippen molar-refractivity contribution >= 4 is 11.6 Å². The predicted octanol–water partition coefficient (Wildman–Crippen LogP) is 1.94. The minimum atomic E-state index is -0.338. The van der Waals surface area contributed by atoms with Crippen LogP contribution < -0.4 is 11.1 Å². The van der Waals surface area contributed by atoms with E-state index in [0.29, 0.717) is 17.8 Å². The zero-order valence-corrected chi connectivity index (χ0v) is 11.4. The normalized spacial score (nSPS) is 26.9. The maximum atomic E-state index is 12.1. The van der Waals surface area contributed by atoms with Crippen molar-refractivity contribution in [2.75, 3.05) is 12.3 Å². The van der Waals surface area contributed by atoms with Crippen molar-refractivity contribution in [1.29, 1.82) is 0 Å². The minimum absolute atomic E-state index is 0.169. The molecule has 0 spiro atoms. The monoisotopic (exact) mass is 262 g/mol. The third kappa shape index (κ3) is 3.07. The number of nitrogen functional groups attached to an aromatic ring is 1. The van der Waals surface area contributed by atoms with Gasteiger partial charge in [-0.05, 0) is 25.0 Å². The van der Waals surface area contributed by atoms with E-state index in [9.17, 15) is 9.90 Å². The minimum Gasteiger partial charge on any atom is -0.398 e. The summed E-state index contributed by atoms with van der Waals surface area (Å²) < 4.78 is 0. The second kappa shape index (κ2) is 5.61. The summed E-state index contributed by atoms with van der Waals surface area (Å²) in [6.45, 7) is 2.52. The van der Waals surface area contributed by atoms with Gasteiger partial charge in [-0.15, -0.1) is 0 Å². The van der Waals surface area contributed by atoms with Crippen LogP contribution in [0.1, 0.15) is 43.0 Å². The summed E-state index contributed by atoms with van der Waals surface area (Å²) in [5.41, 5.74) is 6.53. The third-order valence-electron chi connectivity index (χ3n) is 4.14. The van der Waals surface area contributed by atoms with E-state index >= 15 is 0 Å².